The Labute approximate surface area is 133 Å². The van der Waals surface area contributed by atoms with Crippen LogP contribution in [0.15, 0.2) is 11.6 Å². The van der Waals surface area contributed by atoms with Crippen LogP contribution in [0.3, 0.4) is 0 Å². The Morgan fingerprint density at radius 3 is 3.14 bits per heavy atom. The minimum Gasteiger partial charge on any atom is -0.381 e. The number of carbonyl (C=O) groups excluding carboxylic acids is 1. The Kier molecular flexibility index (Phi) is 4.54. The third kappa shape index (κ3) is 3.20. The van der Waals surface area contributed by atoms with Crippen LogP contribution < -0.4 is 5.32 Å². The largest absolute Gasteiger partial charge is 0.381 e. The van der Waals surface area contributed by atoms with E-state index in [1.165, 1.54) is 0 Å². The average molecular weight is 320 g/mol. The third-order valence-electron chi connectivity index (χ3n) is 3.75. The molecule has 1 atom stereocenters. The Morgan fingerprint density at radius 1 is 1.59 bits per heavy atom. The first-order valence-corrected chi connectivity index (χ1v) is 8.38. The van der Waals surface area contributed by atoms with Gasteiger partial charge in [0.2, 0.25) is 0 Å². The van der Waals surface area contributed by atoms with Crippen LogP contribution in [0.1, 0.15) is 46.0 Å². The molecule has 0 saturated carbocycles. The first-order valence-electron chi connectivity index (χ1n) is 7.50. The van der Waals surface area contributed by atoms with Gasteiger partial charge in [0.15, 0.2) is 0 Å². The van der Waals surface area contributed by atoms with Crippen LogP contribution >= 0.6 is 11.3 Å². The third-order valence-corrected chi connectivity index (χ3v) is 4.79. The van der Waals surface area contributed by atoms with Crippen molar-refractivity contribution in [1.29, 1.82) is 0 Å². The summed E-state index contributed by atoms with van der Waals surface area (Å²) in [6.45, 7) is 3.90. The maximum absolute atomic E-state index is 12.5. The van der Waals surface area contributed by atoms with Crippen molar-refractivity contribution in [2.75, 3.05) is 13.2 Å². The number of ether oxygens (including phenoxy) is 1. The molecule has 0 unspecified atom stereocenters. The van der Waals surface area contributed by atoms with Crippen molar-refractivity contribution >= 4 is 17.2 Å². The van der Waals surface area contributed by atoms with Gasteiger partial charge in [0.05, 0.1) is 35.1 Å². The normalized spacial score (nSPS) is 17.8. The van der Waals surface area contributed by atoms with Crippen molar-refractivity contribution in [2.24, 2.45) is 7.05 Å². The number of carbonyl (C=O) groups is 1. The van der Waals surface area contributed by atoms with E-state index in [0.717, 1.165) is 35.8 Å². The summed E-state index contributed by atoms with van der Waals surface area (Å²) in [6.07, 6.45) is 3.62. The number of thiazole rings is 1. The molecule has 118 valence electrons. The number of nitrogens with one attached hydrogen (secondary N) is 1. The van der Waals surface area contributed by atoms with Crippen molar-refractivity contribution in [2.45, 2.75) is 32.2 Å². The molecule has 1 saturated heterocycles. The van der Waals surface area contributed by atoms with Gasteiger partial charge in [-0.05, 0) is 12.8 Å². The fourth-order valence-corrected chi connectivity index (χ4v) is 3.34. The van der Waals surface area contributed by atoms with Gasteiger partial charge in [-0.25, -0.2) is 4.98 Å². The molecule has 6 nitrogen and oxygen atoms in total. The summed E-state index contributed by atoms with van der Waals surface area (Å²) >= 11 is 1.63. The Bertz CT molecular complexity index is 658. The molecule has 0 aliphatic carbocycles. The molecule has 22 heavy (non-hydrogen) atoms. The summed E-state index contributed by atoms with van der Waals surface area (Å²) in [7, 11) is 1.84. The Morgan fingerprint density at radius 2 is 2.45 bits per heavy atom. The fourth-order valence-electron chi connectivity index (χ4n) is 2.59. The Balaban J connectivity index is 1.69. The minimum atomic E-state index is -0.0963. The van der Waals surface area contributed by atoms with Crippen LogP contribution in [0.5, 0.6) is 0 Å². The quantitative estimate of drug-likeness (QED) is 0.913. The van der Waals surface area contributed by atoms with Gasteiger partial charge in [-0.3, -0.25) is 9.48 Å². The summed E-state index contributed by atoms with van der Waals surface area (Å²) in [5.41, 5.74) is 2.39. The van der Waals surface area contributed by atoms with Gasteiger partial charge in [0.1, 0.15) is 0 Å². The lowest BCUT2D eigenvalue weighted by molar-refractivity contribution is 0.0949. The molecular weight excluding hydrogens is 300 g/mol. The zero-order chi connectivity index (χ0) is 15.5. The second kappa shape index (κ2) is 6.58. The van der Waals surface area contributed by atoms with Gasteiger partial charge >= 0.3 is 0 Å². The van der Waals surface area contributed by atoms with Gasteiger partial charge in [-0.15, -0.1) is 11.3 Å². The zero-order valence-electron chi connectivity index (χ0n) is 12.8. The highest BCUT2D eigenvalue weighted by atomic mass is 32.1. The number of hydrogen-bond donors (Lipinski definition) is 1. The van der Waals surface area contributed by atoms with E-state index in [9.17, 15) is 4.79 Å². The van der Waals surface area contributed by atoms with Crippen molar-refractivity contribution in [3.05, 3.63) is 33.5 Å². The first-order chi connectivity index (χ1) is 10.7. The molecule has 0 spiro atoms. The van der Waals surface area contributed by atoms with E-state index < -0.39 is 0 Å². The molecule has 1 aliphatic rings. The number of rotatable bonds is 5. The van der Waals surface area contributed by atoms with Crippen LogP contribution in [-0.2, 0) is 24.8 Å². The van der Waals surface area contributed by atoms with Crippen molar-refractivity contribution in [1.82, 2.24) is 20.1 Å². The number of amides is 1. The van der Waals surface area contributed by atoms with Crippen LogP contribution in [-0.4, -0.2) is 33.9 Å². The van der Waals surface area contributed by atoms with Crippen LogP contribution in [0.2, 0.25) is 0 Å². The molecule has 2 aromatic rings. The fraction of sp³-hybridized carbons (Fsp3) is 0.533. The van der Waals surface area contributed by atoms with E-state index in [1.54, 1.807) is 22.2 Å². The van der Waals surface area contributed by atoms with E-state index in [4.69, 9.17) is 4.74 Å². The maximum atomic E-state index is 12.5. The zero-order valence-corrected chi connectivity index (χ0v) is 13.7. The van der Waals surface area contributed by atoms with Crippen molar-refractivity contribution < 1.29 is 9.53 Å². The monoisotopic (exact) mass is 320 g/mol. The van der Waals surface area contributed by atoms with Gasteiger partial charge < -0.3 is 10.1 Å². The molecule has 0 bridgehead atoms. The second-order valence-corrected chi connectivity index (χ2v) is 6.37. The molecule has 1 amide bonds. The molecule has 0 aromatic carbocycles. The number of hydrogen-bond acceptors (Lipinski definition) is 5. The van der Waals surface area contributed by atoms with E-state index in [2.05, 4.69) is 22.3 Å². The predicted octanol–water partition coefficient (Wildman–Crippen LogP) is 1.87. The van der Waals surface area contributed by atoms with E-state index in [1.807, 2.05) is 12.4 Å². The summed E-state index contributed by atoms with van der Waals surface area (Å²) in [5.74, 6) is 0.119. The SMILES string of the molecule is CCc1nc(CNC(=O)c2cn(C)nc2[C@@H]2CCOC2)cs1. The lowest BCUT2D eigenvalue weighted by Gasteiger charge is -2.07. The van der Waals surface area contributed by atoms with Gasteiger partial charge in [0.25, 0.3) is 5.91 Å². The van der Waals surface area contributed by atoms with Gasteiger partial charge in [-0.2, -0.15) is 5.10 Å². The lowest BCUT2D eigenvalue weighted by atomic mass is 10.0. The predicted molar refractivity (Wildman–Crippen MR) is 84.0 cm³/mol. The van der Waals surface area contributed by atoms with Crippen LogP contribution in [0.4, 0.5) is 0 Å². The maximum Gasteiger partial charge on any atom is 0.255 e. The first kappa shape index (κ1) is 15.2. The highest BCUT2D eigenvalue weighted by Gasteiger charge is 2.26. The highest BCUT2D eigenvalue weighted by Crippen LogP contribution is 2.26. The Hall–Kier alpha value is -1.73. The van der Waals surface area contributed by atoms with Crippen LogP contribution in [0.25, 0.3) is 0 Å². The molecule has 1 fully saturated rings. The topological polar surface area (TPSA) is 69.0 Å². The molecule has 1 N–H and O–H groups in total. The summed E-state index contributed by atoms with van der Waals surface area (Å²) < 4.78 is 7.11. The smallest absolute Gasteiger partial charge is 0.255 e. The van der Waals surface area contributed by atoms with E-state index in [-0.39, 0.29) is 11.8 Å². The second-order valence-electron chi connectivity index (χ2n) is 5.43. The van der Waals surface area contributed by atoms with Gasteiger partial charge in [-0.1, -0.05) is 6.92 Å². The average Bonchev–Trinajstić information content (AvgIpc) is 3.24. The van der Waals surface area contributed by atoms with Gasteiger partial charge in [0, 0.05) is 31.1 Å². The lowest BCUT2D eigenvalue weighted by Crippen LogP contribution is -2.24. The molecule has 0 radical (unpaired) electrons. The molecular formula is C15H20N4O2S. The molecule has 7 heteroatoms. The standard InChI is InChI=1S/C15H20N4O2S/c1-3-13-17-11(9-22-13)6-16-15(20)12-7-19(2)18-14(12)10-4-5-21-8-10/h7,9-10H,3-6,8H2,1-2H3,(H,16,20)/t10-/m1/s1. The highest BCUT2D eigenvalue weighted by molar-refractivity contribution is 7.09. The number of nitrogens with zero attached hydrogens (tertiary/aromatic N) is 3. The van der Waals surface area contributed by atoms with Crippen molar-refractivity contribution in [3.8, 4) is 0 Å². The molecule has 2 aromatic heterocycles. The number of aromatic nitrogens is 3. The minimum absolute atomic E-state index is 0.0963. The van der Waals surface area contributed by atoms with Crippen LogP contribution in [0, 0.1) is 0 Å². The molecule has 1 aliphatic heterocycles. The summed E-state index contributed by atoms with van der Waals surface area (Å²) in [6, 6.07) is 0. The molecule has 3 rings (SSSR count). The molecule has 3 heterocycles. The summed E-state index contributed by atoms with van der Waals surface area (Å²) in [4.78, 5) is 16.9. The summed E-state index contributed by atoms with van der Waals surface area (Å²) in [5, 5.41) is 10.5. The number of aryl methyl sites for hydroxylation is 2. The van der Waals surface area contributed by atoms with E-state index >= 15 is 0 Å². The van der Waals surface area contributed by atoms with E-state index in [0.29, 0.717) is 18.7 Å². The van der Waals surface area contributed by atoms with Crippen molar-refractivity contribution in [3.63, 3.8) is 0 Å².